The number of halogens is 1. The number of nitrogens with one attached hydrogen (secondary N) is 1. The fourth-order valence-corrected chi connectivity index (χ4v) is 3.79. The monoisotopic (exact) mass is 440 g/mol. The lowest BCUT2D eigenvalue weighted by Gasteiger charge is -2.32. The van der Waals surface area contributed by atoms with Crippen molar-refractivity contribution in [3.05, 3.63) is 66.0 Å². The topological polar surface area (TPSA) is 95.7 Å². The summed E-state index contributed by atoms with van der Waals surface area (Å²) in [5, 5.41) is 2.91. The lowest BCUT2D eigenvalue weighted by atomic mass is 9.95. The van der Waals surface area contributed by atoms with Gasteiger partial charge in [-0.25, -0.2) is 4.39 Å². The minimum Gasteiger partial charge on any atom is -0.370 e. The van der Waals surface area contributed by atoms with E-state index < -0.39 is 5.91 Å². The summed E-state index contributed by atoms with van der Waals surface area (Å²) < 4.78 is 13.0. The number of nitrogens with two attached hydrogens (primary N) is 1. The van der Waals surface area contributed by atoms with Crippen molar-refractivity contribution in [2.75, 3.05) is 31.1 Å². The number of hydrogen-bond donors (Lipinski definition) is 2. The summed E-state index contributed by atoms with van der Waals surface area (Å²) in [4.78, 5) is 40.3. The van der Waals surface area contributed by atoms with Gasteiger partial charge in [0.15, 0.2) is 0 Å². The molecule has 1 heterocycles. The lowest BCUT2D eigenvalue weighted by molar-refractivity contribution is -0.126. The zero-order valence-electron chi connectivity index (χ0n) is 18.0. The number of carbonyl (C=O) groups is 3. The SMILES string of the molecule is NC(=O)CCN(C(=O)CN1CCC(C(=O)NCc2ccc(F)cc2)CC1)c1ccccc1. The van der Waals surface area contributed by atoms with Crippen LogP contribution >= 0.6 is 0 Å². The first-order valence-corrected chi connectivity index (χ1v) is 10.8. The van der Waals surface area contributed by atoms with E-state index >= 15 is 0 Å². The molecule has 1 saturated heterocycles. The van der Waals surface area contributed by atoms with Gasteiger partial charge in [-0.1, -0.05) is 30.3 Å². The molecule has 3 rings (SSSR count). The average molecular weight is 441 g/mol. The third-order valence-electron chi connectivity index (χ3n) is 5.65. The molecule has 32 heavy (non-hydrogen) atoms. The van der Waals surface area contributed by atoms with E-state index in [9.17, 15) is 18.8 Å². The molecule has 0 aliphatic carbocycles. The number of anilines is 1. The number of nitrogens with zero attached hydrogens (tertiary/aromatic N) is 2. The second-order valence-corrected chi connectivity index (χ2v) is 7.99. The van der Waals surface area contributed by atoms with Crippen LogP contribution in [0.25, 0.3) is 0 Å². The Morgan fingerprint density at radius 1 is 1.03 bits per heavy atom. The van der Waals surface area contributed by atoms with Crippen LogP contribution in [-0.2, 0) is 20.9 Å². The van der Waals surface area contributed by atoms with Crippen LogP contribution in [-0.4, -0.2) is 48.8 Å². The van der Waals surface area contributed by atoms with Crippen molar-refractivity contribution in [2.24, 2.45) is 11.7 Å². The van der Waals surface area contributed by atoms with E-state index in [2.05, 4.69) is 5.32 Å². The summed E-state index contributed by atoms with van der Waals surface area (Å²) in [6, 6.07) is 15.3. The van der Waals surface area contributed by atoms with Crippen molar-refractivity contribution >= 4 is 23.4 Å². The molecule has 3 amide bonds. The number of amides is 3. The molecule has 1 aliphatic heterocycles. The Hall–Kier alpha value is -3.26. The number of piperidine rings is 1. The molecule has 1 fully saturated rings. The highest BCUT2D eigenvalue weighted by Gasteiger charge is 2.27. The Balaban J connectivity index is 1.48. The zero-order chi connectivity index (χ0) is 22.9. The van der Waals surface area contributed by atoms with E-state index in [1.54, 1.807) is 17.0 Å². The van der Waals surface area contributed by atoms with Gasteiger partial charge < -0.3 is 16.0 Å². The molecule has 2 aromatic carbocycles. The molecule has 0 bridgehead atoms. The molecule has 1 aliphatic rings. The van der Waals surface area contributed by atoms with Gasteiger partial charge >= 0.3 is 0 Å². The molecule has 0 atom stereocenters. The molecule has 170 valence electrons. The van der Waals surface area contributed by atoms with Crippen LogP contribution in [0.1, 0.15) is 24.8 Å². The van der Waals surface area contributed by atoms with Crippen LogP contribution in [0.2, 0.25) is 0 Å². The molecule has 0 spiro atoms. The van der Waals surface area contributed by atoms with Crippen molar-refractivity contribution in [1.29, 1.82) is 0 Å². The van der Waals surface area contributed by atoms with E-state index in [1.165, 1.54) is 12.1 Å². The van der Waals surface area contributed by atoms with Gasteiger partial charge in [0.25, 0.3) is 0 Å². The van der Waals surface area contributed by atoms with Crippen molar-refractivity contribution in [3.8, 4) is 0 Å². The Morgan fingerprint density at radius 3 is 2.31 bits per heavy atom. The van der Waals surface area contributed by atoms with Crippen LogP contribution < -0.4 is 16.0 Å². The standard InChI is InChI=1S/C24H29FN4O3/c25-20-8-6-18(7-9-20)16-27-24(32)19-10-13-28(14-11-19)17-23(31)29(15-12-22(26)30)21-4-2-1-3-5-21/h1-9,19H,10-17H2,(H2,26,30)(H,27,32). The normalized spacial score (nSPS) is 14.7. The molecule has 7 nitrogen and oxygen atoms in total. The van der Waals surface area contributed by atoms with Gasteiger partial charge in [-0.15, -0.1) is 0 Å². The Labute approximate surface area is 187 Å². The Bertz CT molecular complexity index is 913. The van der Waals surface area contributed by atoms with E-state index in [4.69, 9.17) is 5.73 Å². The fourth-order valence-electron chi connectivity index (χ4n) is 3.79. The third kappa shape index (κ3) is 6.88. The molecule has 0 aromatic heterocycles. The van der Waals surface area contributed by atoms with E-state index in [-0.39, 0.29) is 43.1 Å². The summed E-state index contributed by atoms with van der Waals surface area (Å²) in [5.74, 6) is -0.986. The van der Waals surface area contributed by atoms with Crippen LogP contribution in [0.15, 0.2) is 54.6 Å². The fraction of sp³-hybridized carbons (Fsp3) is 0.375. The molecule has 0 unspecified atom stereocenters. The van der Waals surface area contributed by atoms with Gasteiger partial charge in [0.05, 0.1) is 6.54 Å². The summed E-state index contributed by atoms with van der Waals surface area (Å²) >= 11 is 0. The highest BCUT2D eigenvalue weighted by molar-refractivity contribution is 5.95. The second kappa shape index (κ2) is 11.4. The van der Waals surface area contributed by atoms with E-state index in [0.29, 0.717) is 32.5 Å². The predicted molar refractivity (Wildman–Crippen MR) is 120 cm³/mol. The maximum atomic E-state index is 13.0. The number of para-hydroxylation sites is 1. The predicted octanol–water partition coefficient (Wildman–Crippen LogP) is 2.06. The maximum Gasteiger partial charge on any atom is 0.241 e. The average Bonchev–Trinajstić information content (AvgIpc) is 2.79. The van der Waals surface area contributed by atoms with Crippen LogP contribution in [0, 0.1) is 11.7 Å². The quantitative estimate of drug-likeness (QED) is 0.624. The number of carbonyl (C=O) groups excluding carboxylic acids is 3. The first-order chi connectivity index (χ1) is 15.4. The van der Waals surface area contributed by atoms with Crippen LogP contribution in [0.4, 0.5) is 10.1 Å². The van der Waals surface area contributed by atoms with Gasteiger partial charge in [0.2, 0.25) is 17.7 Å². The van der Waals surface area contributed by atoms with Gasteiger partial charge in [-0.2, -0.15) is 0 Å². The molecule has 2 aromatic rings. The van der Waals surface area contributed by atoms with Gasteiger partial charge in [0, 0.05) is 31.1 Å². The molecular weight excluding hydrogens is 411 g/mol. The van der Waals surface area contributed by atoms with E-state index in [0.717, 1.165) is 11.3 Å². The van der Waals surface area contributed by atoms with Gasteiger partial charge in [-0.05, 0) is 55.8 Å². The minimum atomic E-state index is -0.453. The number of rotatable bonds is 9. The number of primary amides is 1. The lowest BCUT2D eigenvalue weighted by Crippen LogP contribution is -2.46. The molecule has 0 radical (unpaired) electrons. The van der Waals surface area contributed by atoms with Gasteiger partial charge in [0.1, 0.15) is 5.82 Å². The van der Waals surface area contributed by atoms with E-state index in [1.807, 2.05) is 35.2 Å². The summed E-state index contributed by atoms with van der Waals surface area (Å²) in [7, 11) is 0. The highest BCUT2D eigenvalue weighted by atomic mass is 19.1. The van der Waals surface area contributed by atoms with Crippen LogP contribution in [0.5, 0.6) is 0 Å². The first kappa shape index (κ1) is 23.4. The summed E-state index contributed by atoms with van der Waals surface area (Å²) in [6.07, 6.45) is 1.42. The third-order valence-corrected chi connectivity index (χ3v) is 5.65. The van der Waals surface area contributed by atoms with Crippen molar-refractivity contribution < 1.29 is 18.8 Å². The Kier molecular flexibility index (Phi) is 8.33. The first-order valence-electron chi connectivity index (χ1n) is 10.8. The smallest absolute Gasteiger partial charge is 0.241 e. The number of hydrogen-bond acceptors (Lipinski definition) is 4. The Morgan fingerprint density at radius 2 is 1.69 bits per heavy atom. The maximum absolute atomic E-state index is 13.0. The van der Waals surface area contributed by atoms with Crippen molar-refractivity contribution in [1.82, 2.24) is 10.2 Å². The number of benzene rings is 2. The summed E-state index contributed by atoms with van der Waals surface area (Å²) in [5.41, 5.74) is 6.85. The summed E-state index contributed by atoms with van der Waals surface area (Å²) in [6.45, 7) is 2.10. The largest absolute Gasteiger partial charge is 0.370 e. The number of likely N-dealkylation sites (tertiary alicyclic amines) is 1. The molecule has 8 heteroatoms. The molecule has 3 N–H and O–H groups in total. The highest BCUT2D eigenvalue weighted by Crippen LogP contribution is 2.19. The second-order valence-electron chi connectivity index (χ2n) is 7.99. The zero-order valence-corrected chi connectivity index (χ0v) is 18.0. The van der Waals surface area contributed by atoms with Crippen molar-refractivity contribution in [2.45, 2.75) is 25.8 Å². The van der Waals surface area contributed by atoms with Crippen molar-refractivity contribution in [3.63, 3.8) is 0 Å². The van der Waals surface area contributed by atoms with Crippen LogP contribution in [0.3, 0.4) is 0 Å². The minimum absolute atomic E-state index is 0.0207. The molecular formula is C24H29FN4O3. The molecule has 0 saturated carbocycles. The van der Waals surface area contributed by atoms with Gasteiger partial charge in [-0.3, -0.25) is 19.3 Å².